The van der Waals surface area contributed by atoms with Crippen LogP contribution in [0.1, 0.15) is 71.5 Å². The first-order valence-electron chi connectivity index (χ1n) is 13.8. The maximum Gasteiger partial charge on any atom is 0.160 e. The monoisotopic (exact) mass is 511 g/mol. The highest BCUT2D eigenvalue weighted by molar-refractivity contribution is 6.11. The minimum atomic E-state index is 0.0826. The van der Waals surface area contributed by atoms with E-state index in [4.69, 9.17) is 9.98 Å². The van der Waals surface area contributed by atoms with Gasteiger partial charge in [-0.1, -0.05) is 80.6 Å². The van der Waals surface area contributed by atoms with Crippen LogP contribution in [0.5, 0.6) is 0 Å². The molecule has 194 valence electrons. The molecule has 1 unspecified atom stereocenters. The summed E-state index contributed by atoms with van der Waals surface area (Å²) in [6.07, 6.45) is 1.96. The predicted molar refractivity (Wildman–Crippen MR) is 161 cm³/mol. The molecule has 1 aliphatic heterocycles. The summed E-state index contributed by atoms with van der Waals surface area (Å²) in [6, 6.07) is 29.4. The molecule has 2 heterocycles. The van der Waals surface area contributed by atoms with Crippen molar-refractivity contribution in [3.63, 3.8) is 0 Å². The number of hydrogen-bond donors (Lipinski definition) is 0. The Hall–Kier alpha value is -4.31. The second-order valence-corrected chi connectivity index (χ2v) is 10.6. The summed E-state index contributed by atoms with van der Waals surface area (Å²) in [6.45, 7) is 8.98. The molecule has 0 saturated heterocycles. The maximum atomic E-state index is 12.2. The number of aromatic nitrogens is 2. The Labute approximate surface area is 230 Å². The van der Waals surface area contributed by atoms with Crippen LogP contribution in [0.2, 0.25) is 0 Å². The molecule has 4 nitrogen and oxygen atoms in total. The van der Waals surface area contributed by atoms with Crippen molar-refractivity contribution in [2.75, 3.05) is 0 Å². The third-order valence-corrected chi connectivity index (χ3v) is 7.86. The Kier molecular flexibility index (Phi) is 6.48. The van der Waals surface area contributed by atoms with E-state index >= 15 is 0 Å². The molecule has 0 radical (unpaired) electrons. The predicted octanol–water partition coefficient (Wildman–Crippen LogP) is 8.45. The summed E-state index contributed by atoms with van der Waals surface area (Å²) in [5.74, 6) is 1.46. The molecule has 4 aromatic carbocycles. The Morgan fingerprint density at radius 1 is 0.923 bits per heavy atom. The molecule has 39 heavy (non-hydrogen) atoms. The number of carbonyl (C=O) groups is 1. The topological polar surface area (TPSA) is 47.2 Å². The number of carbonyl (C=O) groups excluding carboxylic acids is 1. The van der Waals surface area contributed by atoms with E-state index in [0.717, 1.165) is 64.3 Å². The van der Waals surface area contributed by atoms with Crippen LogP contribution >= 0.6 is 0 Å². The Balaban J connectivity index is 1.39. The zero-order valence-corrected chi connectivity index (χ0v) is 23.0. The molecule has 0 amide bonds. The van der Waals surface area contributed by atoms with Crippen LogP contribution in [0.4, 0.5) is 5.69 Å². The number of benzene rings is 4. The Morgan fingerprint density at radius 2 is 1.67 bits per heavy atom. The summed E-state index contributed by atoms with van der Waals surface area (Å²) in [5.41, 5.74) is 12.1. The molecule has 5 aromatic rings. The van der Waals surface area contributed by atoms with Gasteiger partial charge in [-0.3, -0.25) is 9.79 Å². The molecule has 0 spiro atoms. The Bertz CT molecular complexity index is 1740. The van der Waals surface area contributed by atoms with E-state index in [9.17, 15) is 4.79 Å². The van der Waals surface area contributed by atoms with Gasteiger partial charge >= 0.3 is 0 Å². The average molecular weight is 512 g/mol. The van der Waals surface area contributed by atoms with Gasteiger partial charge in [-0.15, -0.1) is 0 Å². The van der Waals surface area contributed by atoms with Crippen LogP contribution in [-0.4, -0.2) is 21.0 Å². The van der Waals surface area contributed by atoms with E-state index in [1.807, 2.05) is 24.3 Å². The summed E-state index contributed by atoms with van der Waals surface area (Å²) in [7, 11) is 0. The molecule has 0 fully saturated rings. The zero-order valence-electron chi connectivity index (χ0n) is 23.0. The highest BCUT2D eigenvalue weighted by Crippen LogP contribution is 2.38. The molecule has 0 saturated carbocycles. The molecule has 4 heteroatoms. The fourth-order valence-corrected chi connectivity index (χ4v) is 5.84. The van der Waals surface area contributed by atoms with Crippen LogP contribution in [0.3, 0.4) is 0 Å². The van der Waals surface area contributed by atoms with Crippen LogP contribution in [-0.2, 0) is 13.0 Å². The zero-order chi connectivity index (χ0) is 27.1. The number of rotatable bonds is 7. The summed E-state index contributed by atoms with van der Waals surface area (Å²) in [4.78, 5) is 22.3. The second-order valence-electron chi connectivity index (χ2n) is 10.6. The largest absolute Gasteiger partial charge is 0.323 e. The van der Waals surface area contributed by atoms with Gasteiger partial charge in [0.2, 0.25) is 0 Å². The van der Waals surface area contributed by atoms with Gasteiger partial charge in [0.15, 0.2) is 5.78 Å². The molecular formula is C35H33N3O. The molecule has 1 aromatic heterocycles. The van der Waals surface area contributed by atoms with E-state index in [1.165, 1.54) is 22.3 Å². The van der Waals surface area contributed by atoms with Crippen LogP contribution in [0.25, 0.3) is 22.2 Å². The van der Waals surface area contributed by atoms with Gasteiger partial charge in [0, 0.05) is 24.4 Å². The number of ketones is 1. The number of imidazole rings is 1. The third kappa shape index (κ3) is 4.50. The summed E-state index contributed by atoms with van der Waals surface area (Å²) >= 11 is 0. The molecule has 0 bridgehead atoms. The SMILES string of the molecule is CCCc1nc2c(C)cc(C3=Nc4ccccc4C3C)cc2n1Cc1ccc(-c2ccccc2C(C)=O)cc1. The van der Waals surface area contributed by atoms with Crippen molar-refractivity contribution in [2.24, 2.45) is 4.99 Å². The molecule has 0 N–H and O–H groups in total. The lowest BCUT2D eigenvalue weighted by atomic mass is 9.92. The lowest BCUT2D eigenvalue weighted by Crippen LogP contribution is -2.08. The van der Waals surface area contributed by atoms with Gasteiger partial charge in [0.1, 0.15) is 5.82 Å². The fourth-order valence-electron chi connectivity index (χ4n) is 5.84. The van der Waals surface area contributed by atoms with Gasteiger partial charge in [-0.25, -0.2) is 4.98 Å². The van der Waals surface area contributed by atoms with Crippen molar-refractivity contribution >= 4 is 28.2 Å². The quantitative estimate of drug-likeness (QED) is 0.206. The maximum absolute atomic E-state index is 12.2. The van der Waals surface area contributed by atoms with E-state index in [1.54, 1.807) is 6.92 Å². The van der Waals surface area contributed by atoms with Crippen LogP contribution in [0.15, 0.2) is 89.9 Å². The summed E-state index contributed by atoms with van der Waals surface area (Å²) in [5, 5.41) is 0. The Morgan fingerprint density at radius 3 is 2.41 bits per heavy atom. The van der Waals surface area contributed by atoms with E-state index in [2.05, 4.69) is 86.0 Å². The summed E-state index contributed by atoms with van der Waals surface area (Å²) < 4.78 is 2.38. The van der Waals surface area contributed by atoms with E-state index < -0.39 is 0 Å². The number of aryl methyl sites for hydroxylation is 2. The number of fused-ring (bicyclic) bond motifs is 2. The van der Waals surface area contributed by atoms with Crippen molar-refractivity contribution in [1.82, 2.24) is 9.55 Å². The standard InChI is InChI=1S/C35H33N3O/c1-5-10-33-37-34-22(2)19-27(35-23(3)28-11-8-9-14-31(28)36-35)20-32(34)38(33)21-25-15-17-26(18-16-25)30-13-7-6-12-29(30)24(4)39/h6-9,11-20,23H,5,10,21H2,1-4H3. The van der Waals surface area contributed by atoms with Crippen molar-refractivity contribution in [3.05, 3.63) is 119 Å². The highest BCUT2D eigenvalue weighted by atomic mass is 16.1. The first-order chi connectivity index (χ1) is 18.9. The average Bonchev–Trinajstić information content (AvgIpc) is 3.47. The van der Waals surface area contributed by atoms with Gasteiger partial charge in [0.05, 0.1) is 22.4 Å². The molecule has 1 atom stereocenters. The fraction of sp³-hybridized carbons (Fsp3) is 0.229. The number of nitrogens with zero attached hydrogens (tertiary/aromatic N) is 3. The van der Waals surface area contributed by atoms with E-state index in [0.29, 0.717) is 0 Å². The molecular weight excluding hydrogens is 478 g/mol. The lowest BCUT2D eigenvalue weighted by Gasteiger charge is -2.13. The first kappa shape index (κ1) is 25.0. The molecule has 1 aliphatic rings. The number of aliphatic imine (C=N–C) groups is 1. The molecule has 0 aliphatic carbocycles. The van der Waals surface area contributed by atoms with E-state index in [-0.39, 0.29) is 11.7 Å². The van der Waals surface area contributed by atoms with Gasteiger partial charge in [0.25, 0.3) is 0 Å². The lowest BCUT2D eigenvalue weighted by molar-refractivity contribution is 0.101. The normalized spacial score (nSPS) is 14.5. The van der Waals surface area contributed by atoms with Crippen molar-refractivity contribution in [3.8, 4) is 11.1 Å². The number of para-hydroxylation sites is 1. The minimum Gasteiger partial charge on any atom is -0.323 e. The smallest absolute Gasteiger partial charge is 0.160 e. The number of Topliss-reactive ketones (excluding diaryl/α,β-unsaturated/α-hetero) is 1. The first-order valence-corrected chi connectivity index (χ1v) is 13.8. The van der Waals surface area contributed by atoms with Gasteiger partial charge in [-0.2, -0.15) is 0 Å². The second kappa shape index (κ2) is 10.1. The third-order valence-electron chi connectivity index (χ3n) is 7.86. The highest BCUT2D eigenvalue weighted by Gasteiger charge is 2.25. The van der Waals surface area contributed by atoms with Crippen LogP contribution < -0.4 is 0 Å². The van der Waals surface area contributed by atoms with Crippen molar-refractivity contribution < 1.29 is 4.79 Å². The van der Waals surface area contributed by atoms with Crippen molar-refractivity contribution in [1.29, 1.82) is 0 Å². The number of hydrogen-bond acceptors (Lipinski definition) is 3. The molecule has 6 rings (SSSR count). The van der Waals surface area contributed by atoms with Crippen LogP contribution in [0, 0.1) is 6.92 Å². The van der Waals surface area contributed by atoms with Crippen molar-refractivity contribution in [2.45, 2.75) is 53.0 Å². The van der Waals surface area contributed by atoms with Gasteiger partial charge in [-0.05, 0) is 71.8 Å². The minimum absolute atomic E-state index is 0.0826. The van der Waals surface area contributed by atoms with Gasteiger partial charge < -0.3 is 4.57 Å².